The monoisotopic (exact) mass is 286 g/mol. The van der Waals surface area contributed by atoms with Crippen LogP contribution in [0.5, 0.6) is 0 Å². The van der Waals surface area contributed by atoms with Gasteiger partial charge in [0.2, 0.25) is 0 Å². The van der Waals surface area contributed by atoms with Crippen molar-refractivity contribution < 1.29 is 4.42 Å². The van der Waals surface area contributed by atoms with Gasteiger partial charge in [0, 0.05) is 16.1 Å². The molecule has 0 saturated heterocycles. The van der Waals surface area contributed by atoms with Crippen LogP contribution in [0, 0.1) is 0 Å². The van der Waals surface area contributed by atoms with Crippen LogP contribution in [0.4, 0.5) is 0 Å². The first kappa shape index (κ1) is 13.6. The molecule has 0 saturated carbocycles. The molecule has 104 valence electrons. The average molecular weight is 286 g/mol. The molecule has 3 nitrogen and oxygen atoms in total. The van der Waals surface area contributed by atoms with Crippen molar-refractivity contribution in [3.05, 3.63) is 42.5 Å². The maximum atomic E-state index is 6.13. The van der Waals surface area contributed by atoms with Gasteiger partial charge in [0.05, 0.1) is 8.22 Å². The molecule has 3 rings (SSSR count). The second kappa shape index (κ2) is 5.17. The molecular formula is C16H19N2OP. The van der Waals surface area contributed by atoms with Crippen molar-refractivity contribution in [2.45, 2.75) is 0 Å². The molecule has 0 bridgehead atoms. The molecule has 0 atom stereocenters. The Kier molecular flexibility index (Phi) is 3.51. The van der Waals surface area contributed by atoms with Crippen molar-refractivity contribution in [3.63, 3.8) is 0 Å². The van der Waals surface area contributed by atoms with Crippen molar-refractivity contribution in [1.29, 1.82) is 0 Å². The predicted molar refractivity (Wildman–Crippen MR) is 87.6 cm³/mol. The topological polar surface area (TPSA) is 19.6 Å². The lowest BCUT2D eigenvalue weighted by molar-refractivity contribution is 0.583. The van der Waals surface area contributed by atoms with Crippen molar-refractivity contribution in [2.75, 3.05) is 28.2 Å². The van der Waals surface area contributed by atoms with Gasteiger partial charge in [-0.15, -0.1) is 0 Å². The van der Waals surface area contributed by atoms with Crippen molar-refractivity contribution >= 4 is 35.5 Å². The molecule has 3 aromatic rings. The summed E-state index contributed by atoms with van der Waals surface area (Å²) in [5.74, 6) is 0. The largest absolute Gasteiger partial charge is 0.455 e. The van der Waals surface area contributed by atoms with Gasteiger partial charge >= 0.3 is 0 Å². The lowest BCUT2D eigenvalue weighted by Gasteiger charge is -2.30. The van der Waals surface area contributed by atoms with Crippen molar-refractivity contribution in [2.24, 2.45) is 0 Å². The molecule has 0 aliphatic carbocycles. The molecule has 0 spiro atoms. The third-order valence-electron chi connectivity index (χ3n) is 3.36. The fourth-order valence-electron chi connectivity index (χ4n) is 2.68. The number of benzene rings is 2. The SMILES string of the molecule is CN(C)P(c1cccc2c1oc1ccccc12)N(C)C. The van der Waals surface area contributed by atoms with Gasteiger partial charge < -0.3 is 4.42 Å². The molecule has 20 heavy (non-hydrogen) atoms. The lowest BCUT2D eigenvalue weighted by atomic mass is 10.1. The zero-order chi connectivity index (χ0) is 14.3. The van der Waals surface area contributed by atoms with Crippen LogP contribution in [0.2, 0.25) is 0 Å². The standard InChI is InChI=1S/C16H19N2OP/c1-17(2)20(18(3)4)15-11-7-9-13-12-8-5-6-10-14(12)19-16(13)15/h5-11H,1-4H3. The summed E-state index contributed by atoms with van der Waals surface area (Å²) in [5, 5.41) is 3.66. The van der Waals surface area contributed by atoms with E-state index >= 15 is 0 Å². The summed E-state index contributed by atoms with van der Waals surface area (Å²) in [6.07, 6.45) is 0. The minimum absolute atomic E-state index is 0.537. The average Bonchev–Trinajstić information content (AvgIpc) is 2.78. The van der Waals surface area contributed by atoms with E-state index in [1.807, 2.05) is 12.1 Å². The van der Waals surface area contributed by atoms with E-state index in [0.717, 1.165) is 11.2 Å². The van der Waals surface area contributed by atoms with Crippen LogP contribution in [0.15, 0.2) is 46.9 Å². The Hall–Kier alpha value is -1.41. The van der Waals surface area contributed by atoms with Crippen LogP contribution in [0.1, 0.15) is 0 Å². The fourth-order valence-corrected chi connectivity index (χ4v) is 4.82. The van der Waals surface area contributed by atoms with E-state index in [1.54, 1.807) is 0 Å². The summed E-state index contributed by atoms with van der Waals surface area (Å²) in [5.41, 5.74) is 1.98. The van der Waals surface area contributed by atoms with Crippen LogP contribution < -0.4 is 5.30 Å². The van der Waals surface area contributed by atoms with E-state index in [-0.39, 0.29) is 0 Å². The van der Waals surface area contributed by atoms with Gasteiger partial charge in [-0.25, -0.2) is 0 Å². The number of hydrogen-bond acceptors (Lipinski definition) is 3. The number of furan rings is 1. The Balaban J connectivity index is 2.31. The first-order valence-corrected chi connectivity index (χ1v) is 7.89. The van der Waals surface area contributed by atoms with Crippen LogP contribution in [0.25, 0.3) is 21.9 Å². The van der Waals surface area contributed by atoms with E-state index in [1.165, 1.54) is 16.1 Å². The molecule has 0 aliphatic heterocycles. The third-order valence-corrected chi connectivity index (χ3v) is 5.66. The first-order chi connectivity index (χ1) is 9.59. The minimum Gasteiger partial charge on any atom is -0.455 e. The summed E-state index contributed by atoms with van der Waals surface area (Å²) >= 11 is 0. The fraction of sp³-hybridized carbons (Fsp3) is 0.250. The minimum atomic E-state index is -0.537. The van der Waals surface area contributed by atoms with E-state index in [4.69, 9.17) is 4.42 Å². The molecule has 0 unspecified atom stereocenters. The van der Waals surface area contributed by atoms with Gasteiger partial charge in [0.25, 0.3) is 0 Å². The highest BCUT2D eigenvalue weighted by Gasteiger charge is 2.22. The molecular weight excluding hydrogens is 267 g/mol. The zero-order valence-electron chi connectivity index (χ0n) is 12.3. The lowest BCUT2D eigenvalue weighted by Crippen LogP contribution is -2.24. The van der Waals surface area contributed by atoms with Crippen LogP contribution in [-0.4, -0.2) is 37.5 Å². The Labute approximate surface area is 120 Å². The normalized spacial score (nSPS) is 12.3. The Morgan fingerprint density at radius 3 is 2.15 bits per heavy atom. The molecule has 0 N–H and O–H groups in total. The smallest absolute Gasteiger partial charge is 0.145 e. The van der Waals surface area contributed by atoms with Crippen LogP contribution in [0.3, 0.4) is 0 Å². The maximum absolute atomic E-state index is 6.13. The second-order valence-corrected chi connectivity index (χ2v) is 7.90. The van der Waals surface area contributed by atoms with Crippen molar-refractivity contribution in [3.8, 4) is 0 Å². The van der Waals surface area contributed by atoms with E-state index in [0.29, 0.717) is 0 Å². The summed E-state index contributed by atoms with van der Waals surface area (Å²) < 4.78 is 10.7. The molecule has 0 fully saturated rings. The molecule has 0 aliphatic rings. The maximum Gasteiger partial charge on any atom is 0.145 e. The van der Waals surface area contributed by atoms with Crippen LogP contribution in [-0.2, 0) is 0 Å². The summed E-state index contributed by atoms with van der Waals surface area (Å²) in [6, 6.07) is 14.7. The van der Waals surface area contributed by atoms with E-state index < -0.39 is 8.22 Å². The Bertz CT molecular complexity index is 740. The number of para-hydroxylation sites is 2. The quantitative estimate of drug-likeness (QED) is 0.685. The van der Waals surface area contributed by atoms with E-state index in [9.17, 15) is 0 Å². The molecule has 4 heteroatoms. The summed E-state index contributed by atoms with van der Waals surface area (Å²) in [4.78, 5) is 0. The molecule has 1 aromatic heterocycles. The third kappa shape index (κ3) is 2.12. The number of nitrogens with zero attached hydrogens (tertiary/aromatic N) is 2. The van der Waals surface area contributed by atoms with Gasteiger partial charge in [-0.2, -0.15) is 0 Å². The summed E-state index contributed by atoms with van der Waals surface area (Å²) in [6.45, 7) is 0. The van der Waals surface area contributed by atoms with Gasteiger partial charge in [0.15, 0.2) is 0 Å². The molecule has 0 radical (unpaired) electrons. The first-order valence-electron chi connectivity index (χ1n) is 6.64. The molecule has 1 heterocycles. The highest BCUT2D eigenvalue weighted by Crippen LogP contribution is 2.42. The Morgan fingerprint density at radius 1 is 0.800 bits per heavy atom. The Morgan fingerprint density at radius 2 is 1.45 bits per heavy atom. The molecule has 2 aromatic carbocycles. The summed E-state index contributed by atoms with van der Waals surface area (Å²) in [7, 11) is 7.94. The number of hydrogen-bond donors (Lipinski definition) is 0. The molecule has 0 amide bonds. The zero-order valence-corrected chi connectivity index (χ0v) is 13.2. The predicted octanol–water partition coefficient (Wildman–Crippen LogP) is 3.65. The number of rotatable bonds is 3. The van der Waals surface area contributed by atoms with Gasteiger partial charge in [-0.1, -0.05) is 30.3 Å². The van der Waals surface area contributed by atoms with Gasteiger partial charge in [-0.3, -0.25) is 9.34 Å². The highest BCUT2D eigenvalue weighted by atomic mass is 31.1. The van der Waals surface area contributed by atoms with E-state index in [2.05, 4.69) is 67.9 Å². The van der Waals surface area contributed by atoms with Gasteiger partial charge in [-0.05, 0) is 40.3 Å². The van der Waals surface area contributed by atoms with Crippen LogP contribution >= 0.6 is 8.22 Å². The second-order valence-electron chi connectivity index (χ2n) is 5.24. The van der Waals surface area contributed by atoms with Gasteiger partial charge in [0.1, 0.15) is 11.2 Å². The number of fused-ring (bicyclic) bond motifs is 3. The van der Waals surface area contributed by atoms with Crippen molar-refractivity contribution in [1.82, 2.24) is 9.34 Å². The highest BCUT2D eigenvalue weighted by molar-refractivity contribution is 7.61.